The molecule has 0 saturated carbocycles. The van der Waals surface area contributed by atoms with E-state index >= 15 is 0 Å². The van der Waals surface area contributed by atoms with Crippen molar-refractivity contribution in [2.75, 3.05) is 13.1 Å². The standard InChI is InChI=1S/C13H24N2O4/c1-8(2)3-9(6-14)4-12(17)15-7-10(16)5-11(15)13(18)19/h8-11,16H,3-7,14H2,1-2H3,(H,18,19)/t9?,10?,11-/m0/s1. The molecule has 110 valence electrons. The van der Waals surface area contributed by atoms with Gasteiger partial charge in [-0.1, -0.05) is 13.8 Å². The molecule has 0 aromatic rings. The minimum Gasteiger partial charge on any atom is -0.480 e. The Balaban J connectivity index is 2.63. The molecule has 2 unspecified atom stereocenters. The maximum absolute atomic E-state index is 12.2. The van der Waals surface area contributed by atoms with Gasteiger partial charge in [-0.2, -0.15) is 0 Å². The average molecular weight is 272 g/mol. The van der Waals surface area contributed by atoms with Crippen molar-refractivity contribution in [2.24, 2.45) is 17.6 Å². The van der Waals surface area contributed by atoms with Gasteiger partial charge in [-0.05, 0) is 24.8 Å². The number of β-amino-alcohol motifs (C(OH)–C–C–N with tert-alkyl or cyclic N) is 1. The molecule has 1 aliphatic rings. The van der Waals surface area contributed by atoms with Crippen LogP contribution in [0.15, 0.2) is 0 Å². The summed E-state index contributed by atoms with van der Waals surface area (Å²) in [5, 5.41) is 18.6. The maximum Gasteiger partial charge on any atom is 0.326 e. The van der Waals surface area contributed by atoms with Crippen LogP contribution >= 0.6 is 0 Å². The molecule has 0 aromatic carbocycles. The first kappa shape index (κ1) is 15.9. The topological polar surface area (TPSA) is 104 Å². The number of nitrogens with two attached hydrogens (primary N) is 1. The van der Waals surface area contributed by atoms with E-state index < -0.39 is 18.1 Å². The monoisotopic (exact) mass is 272 g/mol. The van der Waals surface area contributed by atoms with E-state index in [2.05, 4.69) is 13.8 Å². The van der Waals surface area contributed by atoms with Crippen LogP contribution in [-0.4, -0.2) is 52.2 Å². The van der Waals surface area contributed by atoms with E-state index in [1.807, 2.05) is 0 Å². The summed E-state index contributed by atoms with van der Waals surface area (Å²) >= 11 is 0. The highest BCUT2D eigenvalue weighted by atomic mass is 16.4. The largest absolute Gasteiger partial charge is 0.480 e. The third-order valence-electron chi connectivity index (χ3n) is 3.49. The van der Waals surface area contributed by atoms with Gasteiger partial charge >= 0.3 is 5.97 Å². The fraction of sp³-hybridized carbons (Fsp3) is 0.846. The Kier molecular flexibility index (Phi) is 5.75. The van der Waals surface area contributed by atoms with Crippen LogP contribution in [0.4, 0.5) is 0 Å². The second kappa shape index (κ2) is 6.86. The normalized spacial score (nSPS) is 24.8. The van der Waals surface area contributed by atoms with E-state index in [0.29, 0.717) is 12.5 Å². The zero-order chi connectivity index (χ0) is 14.6. The number of carbonyl (C=O) groups is 2. The van der Waals surface area contributed by atoms with Crippen LogP contribution in [0, 0.1) is 11.8 Å². The Morgan fingerprint density at radius 3 is 2.53 bits per heavy atom. The van der Waals surface area contributed by atoms with Crippen LogP contribution in [0.5, 0.6) is 0 Å². The number of aliphatic hydroxyl groups is 1. The molecule has 1 saturated heterocycles. The summed E-state index contributed by atoms with van der Waals surface area (Å²) in [5.74, 6) is -0.765. The number of rotatable bonds is 6. The van der Waals surface area contributed by atoms with E-state index in [0.717, 1.165) is 6.42 Å². The van der Waals surface area contributed by atoms with Crippen molar-refractivity contribution in [2.45, 2.75) is 45.3 Å². The third-order valence-corrected chi connectivity index (χ3v) is 3.49. The van der Waals surface area contributed by atoms with Crippen LogP contribution < -0.4 is 5.73 Å². The Morgan fingerprint density at radius 2 is 2.05 bits per heavy atom. The minimum absolute atomic E-state index is 0.0692. The summed E-state index contributed by atoms with van der Waals surface area (Å²) in [6.45, 7) is 4.65. The summed E-state index contributed by atoms with van der Waals surface area (Å²) in [4.78, 5) is 24.5. The number of carboxylic acids is 1. The number of carbonyl (C=O) groups excluding carboxylic acids is 1. The van der Waals surface area contributed by atoms with Crippen LogP contribution in [0.2, 0.25) is 0 Å². The summed E-state index contributed by atoms with van der Waals surface area (Å²) < 4.78 is 0. The molecule has 1 fully saturated rings. The lowest BCUT2D eigenvalue weighted by Gasteiger charge is -2.24. The lowest BCUT2D eigenvalue weighted by atomic mass is 9.93. The molecule has 0 radical (unpaired) electrons. The first-order chi connectivity index (χ1) is 8.85. The van der Waals surface area contributed by atoms with E-state index in [4.69, 9.17) is 10.8 Å². The fourth-order valence-electron chi connectivity index (χ4n) is 2.62. The zero-order valence-electron chi connectivity index (χ0n) is 11.6. The van der Waals surface area contributed by atoms with Gasteiger partial charge < -0.3 is 20.8 Å². The third kappa shape index (κ3) is 4.47. The van der Waals surface area contributed by atoms with Gasteiger partial charge in [0.15, 0.2) is 0 Å². The Morgan fingerprint density at radius 1 is 1.42 bits per heavy atom. The molecule has 1 rings (SSSR count). The van der Waals surface area contributed by atoms with Gasteiger partial charge in [-0.3, -0.25) is 4.79 Å². The predicted octanol–water partition coefficient (Wildman–Crippen LogP) is 0.0439. The Hall–Kier alpha value is -1.14. The number of nitrogens with zero attached hydrogens (tertiary/aromatic N) is 1. The minimum atomic E-state index is -1.06. The number of aliphatic hydroxyl groups excluding tert-OH is 1. The van der Waals surface area contributed by atoms with Gasteiger partial charge in [-0.25, -0.2) is 4.79 Å². The number of hydrogen-bond donors (Lipinski definition) is 3. The van der Waals surface area contributed by atoms with E-state index in [1.54, 1.807) is 0 Å². The average Bonchev–Trinajstić information content (AvgIpc) is 2.70. The van der Waals surface area contributed by atoms with Crippen molar-refractivity contribution in [3.63, 3.8) is 0 Å². The van der Waals surface area contributed by atoms with Gasteiger partial charge in [0.25, 0.3) is 0 Å². The number of carboxylic acid groups (broad SMARTS) is 1. The highest BCUT2D eigenvalue weighted by Gasteiger charge is 2.39. The first-order valence-electron chi connectivity index (χ1n) is 6.75. The smallest absolute Gasteiger partial charge is 0.326 e. The van der Waals surface area contributed by atoms with Gasteiger partial charge in [0, 0.05) is 19.4 Å². The highest BCUT2D eigenvalue weighted by molar-refractivity contribution is 5.84. The molecule has 1 aliphatic heterocycles. The van der Waals surface area contributed by atoms with Gasteiger partial charge in [-0.15, -0.1) is 0 Å². The lowest BCUT2D eigenvalue weighted by molar-refractivity contribution is -0.148. The number of aliphatic carboxylic acids is 1. The second-order valence-corrected chi connectivity index (χ2v) is 5.73. The Bertz CT molecular complexity index is 333. The molecule has 0 aliphatic carbocycles. The lowest BCUT2D eigenvalue weighted by Crippen LogP contribution is -2.41. The molecular formula is C13H24N2O4. The van der Waals surface area contributed by atoms with E-state index in [9.17, 15) is 14.7 Å². The molecule has 3 atom stereocenters. The summed E-state index contributed by atoms with van der Waals surface area (Å²) in [7, 11) is 0. The molecule has 1 heterocycles. The zero-order valence-corrected chi connectivity index (χ0v) is 11.6. The van der Waals surface area contributed by atoms with Crippen molar-refractivity contribution < 1.29 is 19.8 Å². The van der Waals surface area contributed by atoms with Crippen LogP contribution in [0.25, 0.3) is 0 Å². The number of likely N-dealkylation sites (tertiary alicyclic amines) is 1. The SMILES string of the molecule is CC(C)CC(CN)CC(=O)N1CC(O)C[C@H]1C(=O)O. The van der Waals surface area contributed by atoms with Crippen molar-refractivity contribution in [3.05, 3.63) is 0 Å². The Labute approximate surface area is 113 Å². The molecule has 0 spiro atoms. The summed E-state index contributed by atoms with van der Waals surface area (Å²) in [6.07, 6.45) is 0.464. The molecule has 0 bridgehead atoms. The maximum atomic E-state index is 12.2. The van der Waals surface area contributed by atoms with Gasteiger partial charge in [0.2, 0.25) is 5.91 Å². The molecular weight excluding hydrogens is 248 g/mol. The first-order valence-corrected chi connectivity index (χ1v) is 6.75. The molecule has 0 aromatic heterocycles. The number of hydrogen-bond acceptors (Lipinski definition) is 4. The van der Waals surface area contributed by atoms with Crippen LogP contribution in [0.1, 0.15) is 33.1 Å². The van der Waals surface area contributed by atoms with Crippen molar-refractivity contribution in [1.82, 2.24) is 4.90 Å². The van der Waals surface area contributed by atoms with Crippen LogP contribution in [0.3, 0.4) is 0 Å². The van der Waals surface area contributed by atoms with Crippen molar-refractivity contribution in [3.8, 4) is 0 Å². The van der Waals surface area contributed by atoms with Gasteiger partial charge in [0.05, 0.1) is 6.10 Å². The molecule has 4 N–H and O–H groups in total. The molecule has 6 heteroatoms. The quantitative estimate of drug-likeness (QED) is 0.633. The highest BCUT2D eigenvalue weighted by Crippen LogP contribution is 2.22. The van der Waals surface area contributed by atoms with Crippen LogP contribution in [-0.2, 0) is 9.59 Å². The second-order valence-electron chi connectivity index (χ2n) is 5.73. The summed E-state index contributed by atoms with van der Waals surface area (Å²) in [6, 6.07) is -0.903. The molecule has 19 heavy (non-hydrogen) atoms. The van der Waals surface area contributed by atoms with Gasteiger partial charge in [0.1, 0.15) is 6.04 Å². The fourth-order valence-corrected chi connectivity index (χ4v) is 2.62. The predicted molar refractivity (Wildman–Crippen MR) is 70.4 cm³/mol. The van der Waals surface area contributed by atoms with Crippen molar-refractivity contribution >= 4 is 11.9 Å². The van der Waals surface area contributed by atoms with Crippen molar-refractivity contribution in [1.29, 1.82) is 0 Å². The summed E-state index contributed by atoms with van der Waals surface area (Å²) in [5.41, 5.74) is 5.65. The molecule has 1 amide bonds. The molecule has 6 nitrogen and oxygen atoms in total. The number of amides is 1. The van der Waals surface area contributed by atoms with E-state index in [-0.39, 0.29) is 31.2 Å². The van der Waals surface area contributed by atoms with E-state index in [1.165, 1.54) is 4.90 Å².